The van der Waals surface area contributed by atoms with E-state index in [1.165, 1.54) is 43.1 Å². The Balaban J connectivity index is 0.939. The molecule has 14 rings (SSSR count). The van der Waals surface area contributed by atoms with Crippen molar-refractivity contribution in [2.75, 3.05) is 9.80 Å². The highest BCUT2D eigenvalue weighted by Gasteiger charge is 2.54. The Morgan fingerprint density at radius 2 is 1.30 bits per heavy atom. The normalized spacial score (nSPS) is 17.6. The lowest BCUT2D eigenvalue weighted by atomic mass is 9.31. The van der Waals surface area contributed by atoms with E-state index in [2.05, 4.69) is 154 Å². The molecule has 0 N–H and O–H groups in total. The van der Waals surface area contributed by atoms with Gasteiger partial charge in [-0.05, 0) is 122 Å². The monoisotopic (exact) mass is 756 g/mol. The molecule has 56 heavy (non-hydrogen) atoms. The highest BCUT2D eigenvalue weighted by molar-refractivity contribution is 7.28. The number of hydrogen-bond acceptors (Lipinski definition) is 8. The summed E-state index contributed by atoms with van der Waals surface area (Å²) in [6, 6.07) is 47.6. The van der Waals surface area contributed by atoms with Gasteiger partial charge in [0.2, 0.25) is 13.0 Å². The van der Waals surface area contributed by atoms with Crippen molar-refractivity contribution in [3.63, 3.8) is 0 Å². The fourth-order valence-electron chi connectivity index (χ4n) is 10.2. The molecule has 262 valence electrons. The van der Waals surface area contributed by atoms with E-state index in [4.69, 9.17) is 18.6 Å². The summed E-state index contributed by atoms with van der Waals surface area (Å²) in [5, 5.41) is 8.95. The number of anilines is 6. The second kappa shape index (κ2) is 10.7. The lowest BCUT2D eigenvalue weighted by Crippen LogP contribution is -2.59. The van der Waals surface area contributed by atoms with Crippen LogP contribution in [0.25, 0.3) is 21.7 Å². The van der Waals surface area contributed by atoms with E-state index >= 15 is 0 Å². The van der Waals surface area contributed by atoms with E-state index in [0.29, 0.717) is 5.95 Å². The lowest BCUT2D eigenvalue weighted by molar-refractivity contribution is 0.0183. The first-order valence-corrected chi connectivity index (χ1v) is 20.7. The molecule has 10 heteroatoms. The molecule has 8 heterocycles. The smallest absolute Gasteiger partial charge is 0.285 e. The molecule has 0 saturated carbocycles. The van der Waals surface area contributed by atoms with Gasteiger partial charge in [0.05, 0.1) is 10.7 Å². The summed E-state index contributed by atoms with van der Waals surface area (Å²) in [7, 11) is 0. The molecule has 0 radical (unpaired) electrons. The molecule has 2 unspecified atom stereocenters. The summed E-state index contributed by atoms with van der Waals surface area (Å²) in [6.45, 7) is 0.0647. The van der Waals surface area contributed by atoms with Crippen molar-refractivity contribution in [3.8, 4) is 23.2 Å². The molecule has 6 aromatic carbocycles. The van der Waals surface area contributed by atoms with Crippen LogP contribution in [0.3, 0.4) is 0 Å². The van der Waals surface area contributed by atoms with E-state index in [9.17, 15) is 0 Å². The van der Waals surface area contributed by atoms with Gasteiger partial charge in [-0.1, -0.05) is 54.6 Å². The van der Waals surface area contributed by atoms with E-state index in [-0.39, 0.29) is 19.2 Å². The van der Waals surface area contributed by atoms with Gasteiger partial charge in [0.1, 0.15) is 22.8 Å². The van der Waals surface area contributed by atoms with Crippen LogP contribution in [-0.2, 0) is 0 Å². The van der Waals surface area contributed by atoms with E-state index in [1.54, 1.807) is 22.7 Å². The number of nitrogens with zero attached hydrogens (tertiary/aromatic N) is 2. The molecule has 0 bridgehead atoms. The van der Waals surface area contributed by atoms with Gasteiger partial charge in [0.15, 0.2) is 0 Å². The fourth-order valence-corrected chi connectivity index (χ4v) is 12.1. The number of fused-ring (bicyclic) bond motifs is 13. The zero-order chi connectivity index (χ0) is 36.2. The first-order valence-electron chi connectivity index (χ1n) is 18.9. The van der Waals surface area contributed by atoms with Crippen LogP contribution < -0.4 is 50.6 Å². The quantitative estimate of drug-likeness (QED) is 0.164. The second-order valence-electron chi connectivity index (χ2n) is 15.1. The SMILES string of the molecule is c1ccc(N2c3ccsc3B3c4c(cccc42)Oc2oc4cc5cc6c(cc5cc4c23)C2B3c4ccsc4N(c4ccccc4)c4cccc(c43)OC2O6)cc1. The average molecular weight is 756 g/mol. The Labute approximate surface area is 329 Å². The van der Waals surface area contributed by atoms with Crippen LogP contribution >= 0.6 is 22.7 Å². The Bertz CT molecular complexity index is 3140. The Morgan fingerprint density at radius 3 is 2.14 bits per heavy atom. The van der Waals surface area contributed by atoms with E-state index in [1.807, 2.05) is 0 Å². The van der Waals surface area contributed by atoms with Gasteiger partial charge in [0.25, 0.3) is 12.7 Å². The number of thiophene rings is 2. The van der Waals surface area contributed by atoms with Gasteiger partial charge >= 0.3 is 0 Å². The van der Waals surface area contributed by atoms with Crippen LogP contribution in [0.1, 0.15) is 11.4 Å². The number of rotatable bonds is 2. The van der Waals surface area contributed by atoms with Crippen molar-refractivity contribution in [1.82, 2.24) is 0 Å². The van der Waals surface area contributed by atoms with Crippen molar-refractivity contribution >= 4 is 118 Å². The molecule has 3 aromatic heterocycles. The third-order valence-electron chi connectivity index (χ3n) is 12.4. The van der Waals surface area contributed by atoms with Crippen molar-refractivity contribution in [3.05, 3.63) is 150 Å². The lowest BCUT2D eigenvalue weighted by Gasteiger charge is -2.41. The van der Waals surface area contributed by atoms with Crippen LogP contribution in [0.4, 0.5) is 33.4 Å². The maximum atomic E-state index is 6.79. The maximum absolute atomic E-state index is 6.79. The Morgan fingerprint density at radius 1 is 0.571 bits per heavy atom. The third kappa shape index (κ3) is 3.78. The summed E-state index contributed by atoms with van der Waals surface area (Å²) < 4.78 is 28.1. The molecule has 0 saturated heterocycles. The Kier molecular flexibility index (Phi) is 5.72. The molecule has 9 aromatic rings. The largest absolute Gasteiger partial charge is 0.455 e. The van der Waals surface area contributed by atoms with Crippen molar-refractivity contribution in [1.29, 1.82) is 0 Å². The first-order chi connectivity index (χ1) is 27.8. The third-order valence-corrected chi connectivity index (χ3v) is 14.2. The molecule has 0 amide bonds. The zero-order valence-corrected chi connectivity index (χ0v) is 31.1. The van der Waals surface area contributed by atoms with Crippen molar-refractivity contribution in [2.45, 2.75) is 12.1 Å². The van der Waals surface area contributed by atoms with Gasteiger partial charge in [-0.25, -0.2) is 0 Å². The van der Waals surface area contributed by atoms with Crippen molar-refractivity contribution < 1.29 is 18.6 Å². The van der Waals surface area contributed by atoms with Crippen molar-refractivity contribution in [2.24, 2.45) is 0 Å². The molecule has 0 aliphatic carbocycles. The standard InChI is InChI=1S/C46H26B2N2O4S2/c1-3-9-27(10-4-1)49-32-13-7-16-36-42(32)48(43-34(49)18-20-55-43)40-30-22-25-21-29-37(23-26(25)24-38(30)54-46(40)52-36)53-45-39(29)47-31-17-19-56-44(31)50(28-11-5-2-6-12-28)33-14-8-15-35(51-45)41(33)47/h1-24,39,45H. The highest BCUT2D eigenvalue weighted by atomic mass is 32.1. The van der Waals surface area contributed by atoms with Gasteiger partial charge in [-0.15, -0.1) is 11.3 Å². The topological polar surface area (TPSA) is 47.3 Å². The van der Waals surface area contributed by atoms with Crippen LogP contribution in [0.5, 0.6) is 23.2 Å². The molecule has 6 nitrogen and oxygen atoms in total. The predicted octanol–water partition coefficient (Wildman–Crippen LogP) is 8.94. The van der Waals surface area contributed by atoms with Gasteiger partial charge in [-0.2, -0.15) is 11.3 Å². The minimum atomic E-state index is -0.434. The number of furan rings is 1. The number of hydrogen-bond donors (Lipinski definition) is 0. The van der Waals surface area contributed by atoms with E-state index < -0.39 is 6.29 Å². The van der Waals surface area contributed by atoms with Gasteiger partial charge < -0.3 is 28.4 Å². The molecular formula is C46H26B2N2O4S2. The predicted molar refractivity (Wildman–Crippen MR) is 229 cm³/mol. The minimum absolute atomic E-state index is 0.0166. The number of benzene rings is 6. The summed E-state index contributed by atoms with van der Waals surface area (Å²) in [5.41, 5.74) is 12.5. The Hall–Kier alpha value is -6.35. The first kappa shape index (κ1) is 29.9. The average Bonchev–Trinajstić information content (AvgIpc) is 4.05. The van der Waals surface area contributed by atoms with Crippen LogP contribution in [0.15, 0.2) is 149 Å². The molecule has 5 aliphatic heterocycles. The number of para-hydroxylation sites is 2. The van der Waals surface area contributed by atoms with Gasteiger partial charge in [0, 0.05) is 44.2 Å². The molecular weight excluding hydrogens is 730 g/mol. The highest BCUT2D eigenvalue weighted by Crippen LogP contribution is 2.51. The summed E-state index contributed by atoms with van der Waals surface area (Å²) in [5.74, 6) is 3.15. The molecule has 0 fully saturated rings. The number of ether oxygens (including phenoxy) is 3. The summed E-state index contributed by atoms with van der Waals surface area (Å²) in [4.78, 5) is 4.76. The molecule has 0 spiro atoms. The second-order valence-corrected chi connectivity index (χ2v) is 16.9. The van der Waals surface area contributed by atoms with Crippen LogP contribution in [0, 0.1) is 0 Å². The minimum Gasteiger partial charge on any atom is -0.455 e. The van der Waals surface area contributed by atoms with E-state index in [0.717, 1.165) is 61.5 Å². The molecule has 5 aliphatic rings. The van der Waals surface area contributed by atoms with Crippen LogP contribution in [-0.4, -0.2) is 19.7 Å². The summed E-state index contributed by atoms with van der Waals surface area (Å²) >= 11 is 3.59. The summed E-state index contributed by atoms with van der Waals surface area (Å²) in [6.07, 6.45) is -0.434. The fraction of sp³-hybridized carbons (Fsp3) is 0.0435. The zero-order valence-electron chi connectivity index (χ0n) is 29.5. The molecule has 2 atom stereocenters. The van der Waals surface area contributed by atoms with Gasteiger partial charge in [-0.3, -0.25) is 0 Å². The van der Waals surface area contributed by atoms with Crippen LogP contribution in [0.2, 0.25) is 0 Å². The maximum Gasteiger partial charge on any atom is 0.285 e.